The summed E-state index contributed by atoms with van der Waals surface area (Å²) >= 11 is 0. The standard InChI is InChI=1S/C13H28O/c1-5-6-8-11(2)9-7-10-12(3)13(4)14/h11-14H,5-10H2,1-4H3/t11?,12-,13+/m1/s1. The van der Waals surface area contributed by atoms with Gasteiger partial charge in [0.15, 0.2) is 0 Å². The van der Waals surface area contributed by atoms with Crippen molar-refractivity contribution in [1.29, 1.82) is 0 Å². The molecule has 0 saturated heterocycles. The molecule has 0 rings (SSSR count). The molecule has 0 saturated carbocycles. The van der Waals surface area contributed by atoms with Crippen LogP contribution < -0.4 is 0 Å². The first-order chi connectivity index (χ1) is 6.57. The van der Waals surface area contributed by atoms with Gasteiger partial charge in [0.2, 0.25) is 0 Å². The van der Waals surface area contributed by atoms with E-state index in [-0.39, 0.29) is 6.10 Å². The van der Waals surface area contributed by atoms with Crippen molar-refractivity contribution >= 4 is 0 Å². The molecule has 0 aromatic rings. The van der Waals surface area contributed by atoms with Gasteiger partial charge >= 0.3 is 0 Å². The molecule has 0 bridgehead atoms. The Morgan fingerprint density at radius 3 is 2.00 bits per heavy atom. The summed E-state index contributed by atoms with van der Waals surface area (Å²) in [6.07, 6.45) is 7.70. The Balaban J connectivity index is 3.34. The van der Waals surface area contributed by atoms with Crippen LogP contribution >= 0.6 is 0 Å². The Hall–Kier alpha value is -0.0400. The Kier molecular flexibility index (Phi) is 8.26. The van der Waals surface area contributed by atoms with Gasteiger partial charge in [-0.3, -0.25) is 0 Å². The van der Waals surface area contributed by atoms with Crippen LogP contribution in [0.2, 0.25) is 0 Å². The Morgan fingerprint density at radius 1 is 0.929 bits per heavy atom. The van der Waals surface area contributed by atoms with E-state index < -0.39 is 0 Å². The number of rotatable bonds is 8. The molecule has 0 aromatic heterocycles. The molecule has 0 aliphatic heterocycles. The van der Waals surface area contributed by atoms with Gasteiger partial charge in [0.25, 0.3) is 0 Å². The van der Waals surface area contributed by atoms with Gasteiger partial charge in [-0.25, -0.2) is 0 Å². The minimum atomic E-state index is -0.138. The maximum atomic E-state index is 9.33. The number of aliphatic hydroxyl groups excluding tert-OH is 1. The van der Waals surface area contributed by atoms with Crippen LogP contribution in [0.25, 0.3) is 0 Å². The SMILES string of the molecule is CCCCC(C)CCC[C@@H](C)[C@H](C)O. The molecule has 0 radical (unpaired) electrons. The zero-order valence-electron chi connectivity index (χ0n) is 10.4. The smallest absolute Gasteiger partial charge is 0.0537 e. The normalized spacial score (nSPS) is 17.8. The highest BCUT2D eigenvalue weighted by atomic mass is 16.3. The van der Waals surface area contributed by atoms with E-state index in [2.05, 4.69) is 20.8 Å². The summed E-state index contributed by atoms with van der Waals surface area (Å²) < 4.78 is 0. The van der Waals surface area contributed by atoms with Crippen molar-refractivity contribution in [3.05, 3.63) is 0 Å². The van der Waals surface area contributed by atoms with Crippen molar-refractivity contribution in [2.45, 2.75) is 72.3 Å². The van der Waals surface area contributed by atoms with Crippen molar-refractivity contribution < 1.29 is 5.11 Å². The molecule has 0 fully saturated rings. The summed E-state index contributed by atoms with van der Waals surface area (Å²) in [6.45, 7) is 8.64. The number of unbranched alkanes of at least 4 members (excludes halogenated alkanes) is 1. The highest BCUT2D eigenvalue weighted by Gasteiger charge is 2.09. The summed E-state index contributed by atoms with van der Waals surface area (Å²) in [4.78, 5) is 0. The molecule has 0 heterocycles. The quantitative estimate of drug-likeness (QED) is 0.628. The third-order valence-corrected chi connectivity index (χ3v) is 3.23. The van der Waals surface area contributed by atoms with Crippen molar-refractivity contribution in [3.63, 3.8) is 0 Å². The second kappa shape index (κ2) is 8.28. The molecule has 1 N–H and O–H groups in total. The molecule has 0 spiro atoms. The Bertz CT molecular complexity index is 120. The molecule has 1 unspecified atom stereocenters. The second-order valence-corrected chi connectivity index (χ2v) is 4.90. The maximum absolute atomic E-state index is 9.33. The molecule has 14 heavy (non-hydrogen) atoms. The van der Waals surface area contributed by atoms with Crippen LogP contribution in [0, 0.1) is 11.8 Å². The first-order valence-electron chi connectivity index (χ1n) is 6.26. The Morgan fingerprint density at radius 2 is 1.50 bits per heavy atom. The zero-order chi connectivity index (χ0) is 11.0. The molecular formula is C13H28O. The summed E-state index contributed by atoms with van der Waals surface area (Å²) in [7, 11) is 0. The first kappa shape index (κ1) is 14.0. The van der Waals surface area contributed by atoms with Gasteiger partial charge in [-0.2, -0.15) is 0 Å². The average molecular weight is 200 g/mol. The fraction of sp³-hybridized carbons (Fsp3) is 1.00. The lowest BCUT2D eigenvalue weighted by molar-refractivity contribution is 0.127. The van der Waals surface area contributed by atoms with E-state index in [1.807, 2.05) is 6.92 Å². The van der Waals surface area contributed by atoms with Gasteiger partial charge < -0.3 is 5.11 Å². The van der Waals surface area contributed by atoms with E-state index in [9.17, 15) is 5.11 Å². The van der Waals surface area contributed by atoms with E-state index in [1.165, 1.54) is 38.5 Å². The summed E-state index contributed by atoms with van der Waals surface area (Å²) in [5, 5.41) is 9.33. The lowest BCUT2D eigenvalue weighted by Gasteiger charge is -2.16. The predicted octanol–water partition coefficient (Wildman–Crippen LogP) is 4.00. The molecule has 86 valence electrons. The topological polar surface area (TPSA) is 20.2 Å². The van der Waals surface area contributed by atoms with Crippen LogP contribution in [0.4, 0.5) is 0 Å². The van der Waals surface area contributed by atoms with Crippen LogP contribution in [-0.2, 0) is 0 Å². The van der Waals surface area contributed by atoms with E-state index in [0.717, 1.165) is 5.92 Å². The van der Waals surface area contributed by atoms with Crippen molar-refractivity contribution in [1.82, 2.24) is 0 Å². The maximum Gasteiger partial charge on any atom is 0.0537 e. The van der Waals surface area contributed by atoms with E-state index >= 15 is 0 Å². The predicted molar refractivity (Wildman–Crippen MR) is 63.4 cm³/mol. The van der Waals surface area contributed by atoms with Gasteiger partial charge in [-0.15, -0.1) is 0 Å². The van der Waals surface area contributed by atoms with Gasteiger partial charge in [-0.1, -0.05) is 52.9 Å². The van der Waals surface area contributed by atoms with E-state index in [4.69, 9.17) is 0 Å². The van der Waals surface area contributed by atoms with Crippen molar-refractivity contribution in [2.75, 3.05) is 0 Å². The number of hydrogen-bond acceptors (Lipinski definition) is 1. The van der Waals surface area contributed by atoms with Crippen molar-refractivity contribution in [3.8, 4) is 0 Å². The lowest BCUT2D eigenvalue weighted by Crippen LogP contribution is -2.13. The second-order valence-electron chi connectivity index (χ2n) is 4.90. The number of aliphatic hydroxyl groups is 1. The van der Waals surface area contributed by atoms with Gasteiger partial charge in [0.1, 0.15) is 0 Å². The monoisotopic (exact) mass is 200 g/mol. The van der Waals surface area contributed by atoms with Crippen LogP contribution in [0.1, 0.15) is 66.2 Å². The van der Waals surface area contributed by atoms with Crippen LogP contribution in [0.15, 0.2) is 0 Å². The van der Waals surface area contributed by atoms with E-state index in [0.29, 0.717) is 5.92 Å². The molecule has 3 atom stereocenters. The minimum absolute atomic E-state index is 0.138. The third kappa shape index (κ3) is 7.37. The largest absolute Gasteiger partial charge is 0.393 e. The third-order valence-electron chi connectivity index (χ3n) is 3.23. The fourth-order valence-corrected chi connectivity index (χ4v) is 1.73. The Labute approximate surface area is 89.9 Å². The molecule has 0 amide bonds. The molecule has 0 aliphatic rings. The highest BCUT2D eigenvalue weighted by Crippen LogP contribution is 2.18. The highest BCUT2D eigenvalue weighted by molar-refractivity contribution is 4.61. The zero-order valence-corrected chi connectivity index (χ0v) is 10.4. The molecule has 1 heteroatoms. The van der Waals surface area contributed by atoms with Crippen LogP contribution in [0.5, 0.6) is 0 Å². The summed E-state index contributed by atoms with van der Waals surface area (Å²) in [5.74, 6) is 1.34. The lowest BCUT2D eigenvalue weighted by atomic mass is 9.93. The summed E-state index contributed by atoms with van der Waals surface area (Å²) in [5.41, 5.74) is 0. The van der Waals surface area contributed by atoms with Gasteiger partial charge in [0.05, 0.1) is 6.10 Å². The molecular weight excluding hydrogens is 172 g/mol. The minimum Gasteiger partial charge on any atom is -0.393 e. The first-order valence-corrected chi connectivity index (χ1v) is 6.26. The van der Waals surface area contributed by atoms with E-state index in [1.54, 1.807) is 0 Å². The van der Waals surface area contributed by atoms with Crippen molar-refractivity contribution in [2.24, 2.45) is 11.8 Å². The average Bonchev–Trinajstić information content (AvgIpc) is 2.14. The molecule has 1 nitrogen and oxygen atoms in total. The fourth-order valence-electron chi connectivity index (χ4n) is 1.73. The molecule has 0 aromatic carbocycles. The van der Waals surface area contributed by atoms with Crippen LogP contribution in [0.3, 0.4) is 0 Å². The van der Waals surface area contributed by atoms with Crippen LogP contribution in [-0.4, -0.2) is 11.2 Å². The number of hydrogen-bond donors (Lipinski definition) is 1. The summed E-state index contributed by atoms with van der Waals surface area (Å²) in [6, 6.07) is 0. The van der Waals surface area contributed by atoms with Gasteiger partial charge in [-0.05, 0) is 25.2 Å². The van der Waals surface area contributed by atoms with Gasteiger partial charge in [0, 0.05) is 0 Å². The molecule has 0 aliphatic carbocycles.